The van der Waals surface area contributed by atoms with Gasteiger partial charge in [-0.15, -0.1) is 0 Å². The van der Waals surface area contributed by atoms with Crippen LogP contribution in [0, 0.1) is 13.8 Å². The van der Waals surface area contributed by atoms with E-state index in [1.54, 1.807) is 0 Å². The minimum atomic E-state index is 0. The Labute approximate surface area is 266 Å². The van der Waals surface area contributed by atoms with E-state index >= 15 is 0 Å². The fraction of sp³-hybridized carbons (Fsp3) is 0.625. The molecule has 219 valence electrons. The van der Waals surface area contributed by atoms with Crippen molar-refractivity contribution in [2.75, 3.05) is 36.8 Å². The summed E-state index contributed by atoms with van der Waals surface area (Å²) in [5.74, 6) is 2.12. The van der Waals surface area contributed by atoms with Gasteiger partial charge in [0.05, 0.1) is 0 Å². The molecule has 0 saturated heterocycles. The maximum Gasteiger partial charge on any atom is 2.00 e. The Kier molecular flexibility index (Phi) is 20.4. The topological polar surface area (TPSA) is 36.1 Å². The number of anilines is 2. The molecule has 2 aromatic rings. The Morgan fingerprint density at radius 1 is 0.500 bits per heavy atom. The molecule has 0 aliphatic rings. The minimum Gasteiger partial charge on any atom is -1.00 e. The monoisotopic (exact) mass is 696 g/mol. The Bertz CT molecular complexity index is 809. The van der Waals surface area contributed by atoms with E-state index < -0.39 is 0 Å². The minimum absolute atomic E-state index is 0. The van der Waals surface area contributed by atoms with Crippen LogP contribution < -0.4 is 49.9 Å². The van der Waals surface area contributed by atoms with Crippen molar-refractivity contribution in [1.82, 2.24) is 5.32 Å². The van der Waals surface area contributed by atoms with Crippen LogP contribution in [0.3, 0.4) is 0 Å². The molecule has 1 radical (unpaired) electrons. The van der Waals surface area contributed by atoms with Gasteiger partial charge in [-0.25, -0.2) is 0 Å². The van der Waals surface area contributed by atoms with Crippen LogP contribution in [0.1, 0.15) is 125 Å². The zero-order valence-corrected chi connectivity index (χ0v) is 29.7. The molecule has 6 heteroatoms. The van der Waals surface area contributed by atoms with Crippen molar-refractivity contribution in [3.8, 4) is 0 Å². The first-order valence-corrected chi connectivity index (χ1v) is 14.0. The van der Waals surface area contributed by atoms with Crippen LogP contribution in [0.15, 0.2) is 24.3 Å². The molecule has 0 bridgehead atoms. The summed E-state index contributed by atoms with van der Waals surface area (Å²) < 4.78 is 0. The van der Waals surface area contributed by atoms with Crippen LogP contribution in [0.25, 0.3) is 0 Å². The molecule has 0 aromatic heterocycles. The largest absolute Gasteiger partial charge is 2.00 e. The van der Waals surface area contributed by atoms with Crippen molar-refractivity contribution in [3.05, 3.63) is 57.6 Å². The quantitative estimate of drug-likeness (QED) is 0.266. The first-order valence-electron chi connectivity index (χ1n) is 14.0. The molecule has 2 aromatic carbocycles. The molecule has 0 saturated carbocycles. The van der Waals surface area contributed by atoms with Gasteiger partial charge in [-0.05, 0) is 85.7 Å². The molecule has 0 aliphatic heterocycles. The van der Waals surface area contributed by atoms with Gasteiger partial charge in [-0.1, -0.05) is 90.8 Å². The number of rotatable bonds is 14. The van der Waals surface area contributed by atoms with Crippen LogP contribution in [0.4, 0.5) is 11.4 Å². The molecule has 3 N–H and O–H groups in total. The summed E-state index contributed by atoms with van der Waals surface area (Å²) in [7, 11) is 0. The number of nitrogens with one attached hydrogen (secondary N) is 3. The summed E-state index contributed by atoms with van der Waals surface area (Å²) in [5, 5.41) is 11.2. The van der Waals surface area contributed by atoms with E-state index in [0.29, 0.717) is 23.7 Å². The molecule has 0 heterocycles. The molecular weight excluding hydrogens is 645 g/mol. The number of benzene rings is 2. The third-order valence-electron chi connectivity index (χ3n) is 6.84. The Morgan fingerprint density at radius 3 is 1.00 bits per heavy atom. The van der Waals surface area contributed by atoms with E-state index in [4.69, 9.17) is 0 Å². The predicted octanol–water partition coefficient (Wildman–Crippen LogP) is 2.70. The average Bonchev–Trinajstić information content (AvgIpc) is 2.78. The third kappa shape index (κ3) is 11.9. The van der Waals surface area contributed by atoms with Gasteiger partial charge in [0, 0.05) is 24.5 Å². The van der Waals surface area contributed by atoms with Crippen molar-refractivity contribution < 1.29 is 50.7 Å². The number of hydrogen-bond acceptors (Lipinski definition) is 3. The molecule has 0 aliphatic carbocycles. The molecule has 3 nitrogen and oxygen atoms in total. The summed E-state index contributed by atoms with van der Waals surface area (Å²) in [5.41, 5.74) is 11.3. The summed E-state index contributed by atoms with van der Waals surface area (Å²) in [4.78, 5) is 0. The molecule has 0 unspecified atom stereocenters. The van der Waals surface area contributed by atoms with Gasteiger partial charge in [0.25, 0.3) is 0 Å². The molecule has 38 heavy (non-hydrogen) atoms. The fourth-order valence-corrected chi connectivity index (χ4v) is 4.89. The Balaban J connectivity index is 0. The SMILES string of the molecule is Cc1cc(C(C)C)c(NCCCNCCCNc2c(C(C)C)cc(C)cc2C(C)C)c(C(C)C)c1.[Br-].[Br-].[Co+2]. The normalized spacial score (nSPS) is 10.9. The zero-order valence-electron chi connectivity index (χ0n) is 25.5. The van der Waals surface area contributed by atoms with Crippen molar-refractivity contribution in [2.45, 2.75) is 106 Å². The van der Waals surface area contributed by atoms with Crippen LogP contribution in [0.5, 0.6) is 0 Å². The van der Waals surface area contributed by atoms with E-state index in [1.807, 2.05) is 0 Å². The van der Waals surface area contributed by atoms with Crippen LogP contribution in [-0.4, -0.2) is 26.2 Å². The van der Waals surface area contributed by atoms with E-state index in [2.05, 4.69) is 109 Å². The van der Waals surface area contributed by atoms with Gasteiger partial charge < -0.3 is 49.9 Å². The zero-order chi connectivity index (χ0) is 26.1. The summed E-state index contributed by atoms with van der Waals surface area (Å²) in [6.07, 6.45) is 2.26. The van der Waals surface area contributed by atoms with Crippen LogP contribution in [-0.2, 0) is 16.8 Å². The number of hydrogen-bond donors (Lipinski definition) is 3. The summed E-state index contributed by atoms with van der Waals surface area (Å²) in [6.45, 7) is 26.9. The van der Waals surface area contributed by atoms with E-state index in [-0.39, 0.29) is 50.7 Å². The fourth-order valence-electron chi connectivity index (χ4n) is 4.89. The van der Waals surface area contributed by atoms with Crippen molar-refractivity contribution in [1.29, 1.82) is 0 Å². The molecule has 0 spiro atoms. The molecule has 0 fully saturated rings. The van der Waals surface area contributed by atoms with Gasteiger partial charge >= 0.3 is 16.8 Å². The van der Waals surface area contributed by atoms with Gasteiger partial charge in [0.15, 0.2) is 0 Å². The molecule has 0 amide bonds. The van der Waals surface area contributed by atoms with Gasteiger partial charge in [0.1, 0.15) is 0 Å². The maximum atomic E-state index is 3.78. The Morgan fingerprint density at radius 2 is 0.763 bits per heavy atom. The van der Waals surface area contributed by atoms with Crippen molar-refractivity contribution in [2.24, 2.45) is 0 Å². The first-order chi connectivity index (χ1) is 16.5. The van der Waals surface area contributed by atoms with Crippen LogP contribution >= 0.6 is 0 Å². The van der Waals surface area contributed by atoms with E-state index in [1.165, 1.54) is 44.8 Å². The predicted molar refractivity (Wildman–Crippen MR) is 158 cm³/mol. The van der Waals surface area contributed by atoms with Gasteiger partial charge in [-0.2, -0.15) is 0 Å². The number of halogens is 2. The van der Waals surface area contributed by atoms with E-state index in [0.717, 1.165) is 39.0 Å². The smallest absolute Gasteiger partial charge is 1.00 e. The molecular formula is C32H53Br2CoN3. The maximum absolute atomic E-state index is 3.78. The van der Waals surface area contributed by atoms with Crippen molar-refractivity contribution >= 4 is 11.4 Å². The molecule has 0 atom stereocenters. The number of aryl methyl sites for hydroxylation is 2. The average molecular weight is 699 g/mol. The summed E-state index contributed by atoms with van der Waals surface area (Å²) in [6, 6.07) is 9.42. The Hall–Kier alpha value is -0.534. The third-order valence-corrected chi connectivity index (χ3v) is 6.84. The van der Waals surface area contributed by atoms with E-state index in [9.17, 15) is 0 Å². The summed E-state index contributed by atoms with van der Waals surface area (Å²) >= 11 is 0. The van der Waals surface area contributed by atoms with Crippen molar-refractivity contribution in [3.63, 3.8) is 0 Å². The van der Waals surface area contributed by atoms with Gasteiger partial charge in [0.2, 0.25) is 0 Å². The molecule has 2 rings (SSSR count). The first kappa shape index (κ1) is 39.6. The standard InChI is InChI=1S/C32H53N3.2BrH.Co/c1-21(2)27-17-25(9)18-28(22(3)4)31(27)34-15-11-13-33-14-12-16-35-32-29(23(5)6)19-26(10)20-30(32)24(7)8;;;/h17-24,33-35H,11-16H2,1-10H3;2*1H;/q;;;+2/p-2. The van der Waals surface area contributed by atoms with Crippen LogP contribution in [0.2, 0.25) is 0 Å². The second-order valence-electron chi connectivity index (χ2n) is 11.6. The second kappa shape index (κ2) is 19.5. The second-order valence-corrected chi connectivity index (χ2v) is 11.6. The van der Waals surface area contributed by atoms with Gasteiger partial charge in [-0.3, -0.25) is 0 Å².